The third kappa shape index (κ3) is 5.81. The zero-order valence-electron chi connectivity index (χ0n) is 13.1. The van der Waals surface area contributed by atoms with E-state index in [1.807, 2.05) is 19.9 Å². The number of aromatic nitrogens is 1. The van der Waals surface area contributed by atoms with Crippen molar-refractivity contribution < 1.29 is 19.4 Å². The van der Waals surface area contributed by atoms with Crippen LogP contribution < -0.4 is 5.32 Å². The van der Waals surface area contributed by atoms with E-state index in [4.69, 9.17) is 4.74 Å². The topological polar surface area (TPSA) is 88.5 Å². The molecule has 1 amide bonds. The van der Waals surface area contributed by atoms with Crippen molar-refractivity contribution in [2.75, 3.05) is 0 Å². The molecule has 1 rings (SSSR count). The molecule has 0 saturated heterocycles. The van der Waals surface area contributed by atoms with Gasteiger partial charge in [-0.3, -0.25) is 4.98 Å². The van der Waals surface area contributed by atoms with Crippen molar-refractivity contribution in [1.29, 1.82) is 0 Å². The van der Waals surface area contributed by atoms with Gasteiger partial charge in [-0.15, -0.1) is 0 Å². The van der Waals surface area contributed by atoms with E-state index in [0.29, 0.717) is 0 Å². The van der Waals surface area contributed by atoms with Gasteiger partial charge < -0.3 is 15.2 Å². The molecule has 0 bridgehead atoms. The summed E-state index contributed by atoms with van der Waals surface area (Å²) in [5, 5.41) is 11.6. The van der Waals surface area contributed by atoms with Crippen molar-refractivity contribution in [2.45, 2.75) is 52.7 Å². The predicted molar refractivity (Wildman–Crippen MR) is 78.2 cm³/mol. The average molecular weight is 294 g/mol. The summed E-state index contributed by atoms with van der Waals surface area (Å²) in [5.41, 5.74) is 1.95. The Morgan fingerprint density at radius 1 is 1.38 bits per heavy atom. The van der Waals surface area contributed by atoms with E-state index in [1.54, 1.807) is 27.0 Å². The predicted octanol–water partition coefficient (Wildman–Crippen LogP) is 2.22. The standard InChI is InChI=1S/C15H22N2O4/c1-9-6-11(8-16-10(9)2)7-12(13(18)19)17-14(20)21-15(3,4)5/h6,8,12H,7H2,1-5H3,(H,17,20)(H,18,19)/t12-/m1/s1. The number of hydrogen-bond acceptors (Lipinski definition) is 4. The third-order valence-electron chi connectivity index (χ3n) is 2.83. The lowest BCUT2D eigenvalue weighted by molar-refractivity contribution is -0.139. The molecule has 1 atom stereocenters. The number of ether oxygens (including phenoxy) is 1. The van der Waals surface area contributed by atoms with Crippen LogP contribution in [0.3, 0.4) is 0 Å². The van der Waals surface area contributed by atoms with Crippen LogP contribution in [0.1, 0.15) is 37.6 Å². The highest BCUT2D eigenvalue weighted by Gasteiger charge is 2.24. The zero-order chi connectivity index (χ0) is 16.2. The number of nitrogens with zero attached hydrogens (tertiary/aromatic N) is 1. The summed E-state index contributed by atoms with van der Waals surface area (Å²) in [6, 6.07) is 0.818. The van der Waals surface area contributed by atoms with Crippen LogP contribution >= 0.6 is 0 Å². The van der Waals surface area contributed by atoms with Gasteiger partial charge in [0, 0.05) is 18.3 Å². The number of carboxylic acid groups (broad SMARTS) is 1. The molecule has 1 aromatic heterocycles. The van der Waals surface area contributed by atoms with Crippen molar-refractivity contribution in [1.82, 2.24) is 10.3 Å². The first kappa shape index (κ1) is 16.9. The first-order valence-corrected chi connectivity index (χ1v) is 6.73. The number of carboxylic acids is 1. The van der Waals surface area contributed by atoms with E-state index in [9.17, 15) is 14.7 Å². The molecule has 1 aromatic rings. The number of nitrogens with one attached hydrogen (secondary N) is 1. The van der Waals surface area contributed by atoms with Crippen LogP contribution in [-0.4, -0.2) is 33.8 Å². The number of amides is 1. The molecule has 116 valence electrons. The summed E-state index contributed by atoms with van der Waals surface area (Å²) in [6.07, 6.45) is 1.03. The molecule has 0 fully saturated rings. The highest BCUT2D eigenvalue weighted by Crippen LogP contribution is 2.10. The summed E-state index contributed by atoms with van der Waals surface area (Å²) < 4.78 is 5.07. The minimum atomic E-state index is -1.11. The second-order valence-corrected chi connectivity index (χ2v) is 5.99. The fourth-order valence-corrected chi connectivity index (χ4v) is 1.70. The van der Waals surface area contributed by atoms with Crippen LogP contribution in [0.15, 0.2) is 12.3 Å². The Labute approximate surface area is 124 Å². The van der Waals surface area contributed by atoms with Crippen molar-refractivity contribution in [2.24, 2.45) is 0 Å². The summed E-state index contributed by atoms with van der Waals surface area (Å²) in [7, 11) is 0. The van der Waals surface area contributed by atoms with Crippen molar-refractivity contribution in [3.05, 3.63) is 29.1 Å². The smallest absolute Gasteiger partial charge is 0.408 e. The van der Waals surface area contributed by atoms with Gasteiger partial charge in [-0.1, -0.05) is 6.07 Å². The number of carbonyl (C=O) groups excluding carboxylic acids is 1. The fraction of sp³-hybridized carbons (Fsp3) is 0.533. The van der Waals surface area contributed by atoms with Crippen LogP contribution in [0.2, 0.25) is 0 Å². The lowest BCUT2D eigenvalue weighted by atomic mass is 10.1. The molecule has 0 spiro atoms. The normalized spacial score (nSPS) is 12.6. The minimum Gasteiger partial charge on any atom is -0.480 e. The molecule has 0 unspecified atom stereocenters. The Morgan fingerprint density at radius 2 is 2.00 bits per heavy atom. The van der Waals surface area contributed by atoms with Gasteiger partial charge in [0.15, 0.2) is 0 Å². The summed E-state index contributed by atoms with van der Waals surface area (Å²) in [5.74, 6) is -1.11. The Hall–Kier alpha value is -2.11. The van der Waals surface area contributed by atoms with Gasteiger partial charge in [0.05, 0.1) is 0 Å². The zero-order valence-corrected chi connectivity index (χ0v) is 13.1. The Kier molecular flexibility index (Phi) is 5.29. The number of aliphatic carboxylic acids is 1. The highest BCUT2D eigenvalue weighted by molar-refractivity contribution is 5.80. The quantitative estimate of drug-likeness (QED) is 0.889. The van der Waals surface area contributed by atoms with Crippen molar-refractivity contribution in [3.63, 3.8) is 0 Å². The van der Waals surface area contributed by atoms with Gasteiger partial charge >= 0.3 is 12.1 Å². The first-order valence-electron chi connectivity index (χ1n) is 6.73. The molecule has 0 aliphatic rings. The van der Waals surface area contributed by atoms with Gasteiger partial charge in [0.1, 0.15) is 11.6 Å². The Bertz CT molecular complexity index is 535. The van der Waals surface area contributed by atoms with E-state index < -0.39 is 23.7 Å². The lowest BCUT2D eigenvalue weighted by Crippen LogP contribution is -2.44. The summed E-state index contributed by atoms with van der Waals surface area (Å²) in [4.78, 5) is 27.1. The number of aryl methyl sites for hydroxylation is 2. The van der Waals surface area contributed by atoms with Crippen LogP contribution in [0.5, 0.6) is 0 Å². The summed E-state index contributed by atoms with van der Waals surface area (Å²) >= 11 is 0. The lowest BCUT2D eigenvalue weighted by Gasteiger charge is -2.22. The van der Waals surface area contributed by atoms with Gasteiger partial charge in [0.2, 0.25) is 0 Å². The highest BCUT2D eigenvalue weighted by atomic mass is 16.6. The van der Waals surface area contributed by atoms with Gasteiger partial charge in [-0.2, -0.15) is 0 Å². The molecule has 0 radical (unpaired) electrons. The van der Waals surface area contributed by atoms with Crippen LogP contribution in [-0.2, 0) is 16.0 Å². The second kappa shape index (κ2) is 6.56. The maximum absolute atomic E-state index is 11.7. The van der Waals surface area contributed by atoms with Gasteiger partial charge in [0.25, 0.3) is 0 Å². The molecule has 6 heteroatoms. The Balaban J connectivity index is 2.76. The minimum absolute atomic E-state index is 0.155. The van der Waals surface area contributed by atoms with Crippen LogP contribution in [0.25, 0.3) is 0 Å². The van der Waals surface area contributed by atoms with Crippen molar-refractivity contribution in [3.8, 4) is 0 Å². The SMILES string of the molecule is Cc1cc(C[C@@H](NC(=O)OC(C)(C)C)C(=O)O)cnc1C. The number of alkyl carbamates (subject to hydrolysis) is 1. The number of pyridine rings is 1. The molecular formula is C15H22N2O4. The van der Waals surface area contributed by atoms with Gasteiger partial charge in [-0.25, -0.2) is 9.59 Å². The van der Waals surface area contributed by atoms with Crippen LogP contribution in [0, 0.1) is 13.8 Å². The van der Waals surface area contributed by atoms with Crippen molar-refractivity contribution >= 4 is 12.1 Å². The molecule has 2 N–H and O–H groups in total. The number of carbonyl (C=O) groups is 2. The Morgan fingerprint density at radius 3 is 2.48 bits per heavy atom. The maximum Gasteiger partial charge on any atom is 0.408 e. The molecule has 0 aromatic carbocycles. The molecule has 0 aliphatic carbocycles. The number of rotatable bonds is 4. The third-order valence-corrected chi connectivity index (χ3v) is 2.83. The fourth-order valence-electron chi connectivity index (χ4n) is 1.70. The molecule has 0 aliphatic heterocycles. The molecule has 6 nitrogen and oxygen atoms in total. The van der Waals surface area contributed by atoms with E-state index in [2.05, 4.69) is 10.3 Å². The van der Waals surface area contributed by atoms with E-state index >= 15 is 0 Å². The summed E-state index contributed by atoms with van der Waals surface area (Å²) in [6.45, 7) is 8.94. The molecule has 21 heavy (non-hydrogen) atoms. The van der Waals surface area contributed by atoms with E-state index in [0.717, 1.165) is 16.8 Å². The van der Waals surface area contributed by atoms with Crippen LogP contribution in [0.4, 0.5) is 4.79 Å². The molecule has 1 heterocycles. The maximum atomic E-state index is 11.7. The number of hydrogen-bond donors (Lipinski definition) is 2. The van der Waals surface area contributed by atoms with Gasteiger partial charge in [-0.05, 0) is 45.7 Å². The monoisotopic (exact) mass is 294 g/mol. The average Bonchev–Trinajstić information content (AvgIpc) is 2.30. The second-order valence-electron chi connectivity index (χ2n) is 5.99. The molecule has 0 saturated carbocycles. The molecular weight excluding hydrogens is 272 g/mol. The van der Waals surface area contributed by atoms with E-state index in [-0.39, 0.29) is 6.42 Å². The largest absolute Gasteiger partial charge is 0.480 e. The van der Waals surface area contributed by atoms with E-state index in [1.165, 1.54) is 0 Å². The first-order chi connectivity index (χ1) is 9.58.